The zero-order valence-corrected chi connectivity index (χ0v) is 18.7. The van der Waals surface area contributed by atoms with E-state index in [1.807, 2.05) is 17.5 Å². The topological polar surface area (TPSA) is 57.7 Å². The fourth-order valence-electron chi connectivity index (χ4n) is 3.54. The Morgan fingerprint density at radius 2 is 1.65 bits per heavy atom. The lowest BCUT2D eigenvalue weighted by Gasteiger charge is -2.27. The van der Waals surface area contributed by atoms with Crippen molar-refractivity contribution in [1.29, 1.82) is 0 Å². The summed E-state index contributed by atoms with van der Waals surface area (Å²) in [6.07, 6.45) is 0.0562. The molecule has 2 heterocycles. The lowest BCUT2D eigenvalue weighted by Crippen LogP contribution is -2.45. The molecule has 1 unspecified atom stereocenters. The number of hydrogen-bond acceptors (Lipinski definition) is 4. The van der Waals surface area contributed by atoms with Crippen LogP contribution in [0.2, 0.25) is 10.0 Å². The molecule has 4 rings (SSSR count). The largest absolute Gasteiger partial charge is 0.325 e. The van der Waals surface area contributed by atoms with Crippen molar-refractivity contribution in [2.75, 3.05) is 4.90 Å². The van der Waals surface area contributed by atoms with Crippen molar-refractivity contribution in [1.82, 2.24) is 4.90 Å². The third kappa shape index (κ3) is 4.82. The van der Waals surface area contributed by atoms with Gasteiger partial charge in [-0.25, -0.2) is 4.90 Å². The molecule has 0 aliphatic carbocycles. The molecule has 1 fully saturated rings. The minimum atomic E-state index is -0.856. The highest BCUT2D eigenvalue weighted by atomic mass is 35.5. The molecule has 158 valence electrons. The summed E-state index contributed by atoms with van der Waals surface area (Å²) in [4.78, 5) is 42.8. The summed E-state index contributed by atoms with van der Waals surface area (Å²) in [5, 5.41) is 3.01. The van der Waals surface area contributed by atoms with Crippen LogP contribution in [-0.4, -0.2) is 28.7 Å². The van der Waals surface area contributed by atoms with Crippen LogP contribution in [0.25, 0.3) is 0 Å². The first kappa shape index (κ1) is 21.6. The Balaban J connectivity index is 1.60. The number of hydrogen-bond donors (Lipinski definition) is 0. The highest BCUT2D eigenvalue weighted by molar-refractivity contribution is 7.09. The van der Waals surface area contributed by atoms with Crippen molar-refractivity contribution in [2.45, 2.75) is 25.4 Å². The molecule has 1 atom stereocenters. The fourth-order valence-corrected chi connectivity index (χ4v) is 4.50. The van der Waals surface area contributed by atoms with Gasteiger partial charge in [-0.15, -0.1) is 11.3 Å². The number of carbonyl (C=O) groups is 3. The van der Waals surface area contributed by atoms with Gasteiger partial charge in [0.1, 0.15) is 6.04 Å². The summed E-state index contributed by atoms with van der Waals surface area (Å²) >= 11 is 13.4. The third-order valence-corrected chi connectivity index (χ3v) is 6.44. The van der Waals surface area contributed by atoms with Gasteiger partial charge in [-0.1, -0.05) is 41.4 Å². The Morgan fingerprint density at radius 1 is 1.00 bits per heavy atom. The van der Waals surface area contributed by atoms with Crippen LogP contribution in [0.4, 0.5) is 5.69 Å². The molecule has 0 radical (unpaired) electrons. The van der Waals surface area contributed by atoms with Gasteiger partial charge in [-0.05, 0) is 53.4 Å². The second-order valence-electron chi connectivity index (χ2n) is 7.17. The number of thiophene rings is 1. The van der Waals surface area contributed by atoms with Gasteiger partial charge in [0.15, 0.2) is 0 Å². The molecule has 1 aliphatic rings. The number of anilines is 1. The third-order valence-electron chi connectivity index (χ3n) is 5.08. The van der Waals surface area contributed by atoms with Crippen LogP contribution in [0.3, 0.4) is 0 Å². The Morgan fingerprint density at radius 3 is 2.26 bits per heavy atom. The molecule has 8 heteroatoms. The first-order valence-corrected chi connectivity index (χ1v) is 11.2. The van der Waals surface area contributed by atoms with Gasteiger partial charge < -0.3 is 4.90 Å². The maximum absolute atomic E-state index is 13.2. The summed E-state index contributed by atoms with van der Waals surface area (Å²) < 4.78 is 0. The average molecular weight is 473 g/mol. The lowest BCUT2D eigenvalue weighted by molar-refractivity contribution is -0.138. The number of halogens is 2. The van der Waals surface area contributed by atoms with Gasteiger partial charge in [0.2, 0.25) is 11.8 Å². The van der Waals surface area contributed by atoms with Crippen LogP contribution in [0.15, 0.2) is 66.0 Å². The predicted molar refractivity (Wildman–Crippen MR) is 122 cm³/mol. The maximum atomic E-state index is 13.2. The highest BCUT2D eigenvalue weighted by Gasteiger charge is 2.44. The summed E-state index contributed by atoms with van der Waals surface area (Å²) in [6.45, 7) is 0.266. The molecule has 2 aromatic carbocycles. The Hall–Kier alpha value is -2.67. The van der Waals surface area contributed by atoms with Crippen molar-refractivity contribution in [3.63, 3.8) is 0 Å². The first-order valence-electron chi connectivity index (χ1n) is 9.61. The van der Waals surface area contributed by atoms with Gasteiger partial charge in [-0.3, -0.25) is 14.4 Å². The van der Waals surface area contributed by atoms with E-state index in [0.717, 1.165) is 15.3 Å². The Labute approximate surface area is 193 Å². The van der Waals surface area contributed by atoms with E-state index in [1.165, 1.54) is 16.2 Å². The lowest BCUT2D eigenvalue weighted by atomic mass is 10.1. The van der Waals surface area contributed by atoms with Crippen LogP contribution >= 0.6 is 34.5 Å². The van der Waals surface area contributed by atoms with E-state index in [2.05, 4.69) is 0 Å². The second-order valence-corrected chi connectivity index (χ2v) is 9.07. The number of benzene rings is 2. The van der Waals surface area contributed by atoms with E-state index in [0.29, 0.717) is 15.7 Å². The van der Waals surface area contributed by atoms with Crippen molar-refractivity contribution in [2.24, 2.45) is 0 Å². The molecule has 1 saturated heterocycles. The molecule has 0 saturated carbocycles. The Kier molecular flexibility index (Phi) is 6.41. The van der Waals surface area contributed by atoms with Crippen molar-refractivity contribution < 1.29 is 14.4 Å². The maximum Gasteiger partial charge on any atom is 0.257 e. The van der Waals surface area contributed by atoms with Crippen molar-refractivity contribution in [3.05, 3.63) is 86.5 Å². The zero-order chi connectivity index (χ0) is 22.0. The standard InChI is InChI=1S/C23H18Cl2N2O3S/c24-16-5-3-15(4-6-16)12-21(28)26(14-19-2-1-11-31-19)20-13-22(29)27(23(20)30)18-9-7-17(25)8-10-18/h1-11,20H,12-14H2. The van der Waals surface area contributed by atoms with E-state index in [1.54, 1.807) is 48.5 Å². The summed E-state index contributed by atoms with van der Waals surface area (Å²) in [7, 11) is 0. The minimum absolute atomic E-state index is 0.0564. The van der Waals surface area contributed by atoms with Crippen molar-refractivity contribution in [3.8, 4) is 0 Å². The van der Waals surface area contributed by atoms with Gasteiger partial charge in [0.05, 0.1) is 25.1 Å². The monoisotopic (exact) mass is 472 g/mol. The van der Waals surface area contributed by atoms with Crippen molar-refractivity contribution >= 4 is 57.9 Å². The average Bonchev–Trinajstić information content (AvgIpc) is 3.36. The molecule has 0 spiro atoms. The summed E-state index contributed by atoms with van der Waals surface area (Å²) in [5.41, 5.74) is 1.24. The molecular weight excluding hydrogens is 455 g/mol. The number of imide groups is 1. The fraction of sp³-hybridized carbons (Fsp3) is 0.174. The summed E-state index contributed by atoms with van der Waals surface area (Å²) in [5.74, 6) is -0.971. The van der Waals surface area contributed by atoms with E-state index in [9.17, 15) is 14.4 Å². The molecule has 5 nitrogen and oxygen atoms in total. The molecule has 1 aliphatic heterocycles. The number of nitrogens with zero attached hydrogens (tertiary/aromatic N) is 2. The number of rotatable bonds is 6. The van der Waals surface area contributed by atoms with Crippen LogP contribution in [0.5, 0.6) is 0 Å². The van der Waals surface area contributed by atoms with E-state index >= 15 is 0 Å². The summed E-state index contributed by atoms with van der Waals surface area (Å²) in [6, 6.07) is 16.5. The van der Waals surface area contributed by atoms with Gasteiger partial charge in [-0.2, -0.15) is 0 Å². The zero-order valence-electron chi connectivity index (χ0n) is 16.3. The van der Waals surface area contributed by atoms with Crippen LogP contribution < -0.4 is 4.90 Å². The molecule has 0 N–H and O–H groups in total. The van der Waals surface area contributed by atoms with E-state index in [4.69, 9.17) is 23.2 Å². The number of carbonyl (C=O) groups excluding carboxylic acids is 3. The second kappa shape index (κ2) is 9.22. The molecule has 0 bridgehead atoms. The smallest absolute Gasteiger partial charge is 0.257 e. The number of amides is 3. The molecule has 31 heavy (non-hydrogen) atoms. The molecular formula is C23H18Cl2N2O3S. The van der Waals surface area contributed by atoms with E-state index < -0.39 is 11.9 Å². The molecule has 3 aromatic rings. The first-order chi connectivity index (χ1) is 14.9. The quantitative estimate of drug-likeness (QED) is 0.476. The predicted octanol–water partition coefficient (Wildman–Crippen LogP) is 4.96. The highest BCUT2D eigenvalue weighted by Crippen LogP contribution is 2.29. The Bertz CT molecular complexity index is 1100. The SMILES string of the molecule is O=C1CC(N(Cc2cccs2)C(=O)Cc2ccc(Cl)cc2)C(=O)N1c1ccc(Cl)cc1. The van der Waals surface area contributed by atoms with Gasteiger partial charge in [0, 0.05) is 14.9 Å². The van der Waals surface area contributed by atoms with E-state index in [-0.39, 0.29) is 31.2 Å². The normalized spacial score (nSPS) is 16.1. The van der Waals surface area contributed by atoms with Crippen LogP contribution in [-0.2, 0) is 27.3 Å². The van der Waals surface area contributed by atoms with Gasteiger partial charge in [0.25, 0.3) is 5.91 Å². The van der Waals surface area contributed by atoms with Crippen LogP contribution in [0.1, 0.15) is 16.9 Å². The minimum Gasteiger partial charge on any atom is -0.325 e. The molecule has 1 aromatic heterocycles. The van der Waals surface area contributed by atoms with Crippen LogP contribution in [0, 0.1) is 0 Å². The molecule has 3 amide bonds. The van der Waals surface area contributed by atoms with Gasteiger partial charge >= 0.3 is 0 Å².